The van der Waals surface area contributed by atoms with Crippen LogP contribution in [0.2, 0.25) is 0 Å². The zero-order chi connectivity index (χ0) is 13.1. The van der Waals surface area contributed by atoms with Crippen LogP contribution < -0.4 is 0 Å². The Balaban J connectivity index is 1.81. The fourth-order valence-electron chi connectivity index (χ4n) is 2.18. The third-order valence-electron chi connectivity index (χ3n) is 3.21. The number of carbonyl (C=O) groups excluding carboxylic acids is 1. The highest BCUT2D eigenvalue weighted by Gasteiger charge is 2.23. The van der Waals surface area contributed by atoms with E-state index in [0.717, 1.165) is 18.5 Å². The molecule has 1 saturated heterocycles. The molecule has 1 N–H and O–H groups in total. The molecule has 1 aliphatic rings. The van der Waals surface area contributed by atoms with Gasteiger partial charge in [-0.25, -0.2) is 0 Å². The van der Waals surface area contributed by atoms with Gasteiger partial charge in [-0.05, 0) is 6.42 Å². The SMILES string of the molecule is CN(Cc1cnn(C)c1)C(=O)CN1CC[C@H](O)C1. The molecule has 0 spiro atoms. The molecule has 6 heteroatoms. The molecule has 2 rings (SSSR count). The van der Waals surface area contributed by atoms with E-state index in [4.69, 9.17) is 0 Å². The van der Waals surface area contributed by atoms with Crippen molar-refractivity contribution in [2.45, 2.75) is 19.1 Å². The lowest BCUT2D eigenvalue weighted by molar-refractivity contribution is -0.131. The van der Waals surface area contributed by atoms with Crippen molar-refractivity contribution in [1.29, 1.82) is 0 Å². The Kier molecular flexibility index (Phi) is 3.98. The average molecular weight is 252 g/mol. The molecule has 0 saturated carbocycles. The third-order valence-corrected chi connectivity index (χ3v) is 3.21. The number of aliphatic hydroxyl groups is 1. The van der Waals surface area contributed by atoms with Crippen LogP contribution in [-0.4, -0.2) is 63.4 Å². The van der Waals surface area contributed by atoms with Gasteiger partial charge in [0.05, 0.1) is 18.8 Å². The average Bonchev–Trinajstić information content (AvgIpc) is 2.88. The summed E-state index contributed by atoms with van der Waals surface area (Å²) in [5.41, 5.74) is 1.02. The summed E-state index contributed by atoms with van der Waals surface area (Å²) in [6.45, 7) is 2.36. The second-order valence-electron chi connectivity index (χ2n) is 4.95. The minimum atomic E-state index is -0.276. The molecule has 0 bridgehead atoms. The van der Waals surface area contributed by atoms with Crippen molar-refractivity contribution in [3.05, 3.63) is 18.0 Å². The maximum atomic E-state index is 12.0. The fourth-order valence-corrected chi connectivity index (χ4v) is 2.18. The van der Waals surface area contributed by atoms with Gasteiger partial charge < -0.3 is 10.0 Å². The summed E-state index contributed by atoms with van der Waals surface area (Å²) in [5, 5.41) is 13.5. The smallest absolute Gasteiger partial charge is 0.236 e. The number of nitrogens with zero attached hydrogens (tertiary/aromatic N) is 4. The van der Waals surface area contributed by atoms with Crippen LogP contribution in [0.25, 0.3) is 0 Å². The molecule has 1 aliphatic heterocycles. The van der Waals surface area contributed by atoms with Crippen molar-refractivity contribution >= 4 is 5.91 Å². The topological polar surface area (TPSA) is 61.6 Å². The summed E-state index contributed by atoms with van der Waals surface area (Å²) in [6.07, 6.45) is 4.16. The molecule has 18 heavy (non-hydrogen) atoms. The molecule has 100 valence electrons. The van der Waals surface area contributed by atoms with Gasteiger partial charge in [-0.1, -0.05) is 0 Å². The number of carbonyl (C=O) groups is 1. The number of aromatic nitrogens is 2. The predicted octanol–water partition coefficient (Wildman–Crippen LogP) is -0.555. The Morgan fingerprint density at radius 2 is 2.44 bits per heavy atom. The van der Waals surface area contributed by atoms with Crippen molar-refractivity contribution in [2.24, 2.45) is 7.05 Å². The van der Waals surface area contributed by atoms with Crippen LogP contribution in [0.1, 0.15) is 12.0 Å². The van der Waals surface area contributed by atoms with Gasteiger partial charge in [0.15, 0.2) is 0 Å². The minimum absolute atomic E-state index is 0.0768. The van der Waals surface area contributed by atoms with E-state index in [1.165, 1.54) is 0 Å². The van der Waals surface area contributed by atoms with Gasteiger partial charge in [0.1, 0.15) is 0 Å². The third kappa shape index (κ3) is 3.30. The number of rotatable bonds is 4. The van der Waals surface area contributed by atoms with Crippen molar-refractivity contribution in [3.63, 3.8) is 0 Å². The van der Waals surface area contributed by atoms with Crippen LogP contribution in [0.3, 0.4) is 0 Å². The maximum Gasteiger partial charge on any atom is 0.236 e. The van der Waals surface area contributed by atoms with E-state index in [1.54, 1.807) is 22.8 Å². The lowest BCUT2D eigenvalue weighted by Gasteiger charge is -2.20. The summed E-state index contributed by atoms with van der Waals surface area (Å²) in [6, 6.07) is 0. The van der Waals surface area contributed by atoms with Gasteiger partial charge in [0.2, 0.25) is 5.91 Å². The molecule has 0 aliphatic carbocycles. The van der Waals surface area contributed by atoms with Crippen LogP contribution in [0.15, 0.2) is 12.4 Å². The minimum Gasteiger partial charge on any atom is -0.392 e. The Bertz CT molecular complexity index is 418. The first-order chi connectivity index (χ1) is 8.54. The molecular weight excluding hydrogens is 232 g/mol. The number of aryl methyl sites for hydroxylation is 1. The number of amides is 1. The number of β-amino-alcohol motifs (C(OH)–C–C–N with tert-alkyl or cyclic N) is 1. The summed E-state index contributed by atoms with van der Waals surface area (Å²) < 4.78 is 1.73. The number of aliphatic hydroxyl groups excluding tert-OH is 1. The highest BCUT2D eigenvalue weighted by molar-refractivity contribution is 5.78. The molecule has 1 aromatic rings. The zero-order valence-corrected chi connectivity index (χ0v) is 10.9. The molecule has 6 nitrogen and oxygen atoms in total. The van der Waals surface area contributed by atoms with E-state index in [-0.39, 0.29) is 12.0 Å². The van der Waals surface area contributed by atoms with E-state index >= 15 is 0 Å². The van der Waals surface area contributed by atoms with E-state index in [9.17, 15) is 9.90 Å². The largest absolute Gasteiger partial charge is 0.392 e. The Labute approximate surface area is 107 Å². The molecule has 2 heterocycles. The van der Waals surface area contributed by atoms with Crippen LogP contribution in [0.4, 0.5) is 0 Å². The molecule has 1 fully saturated rings. The van der Waals surface area contributed by atoms with Gasteiger partial charge in [0.25, 0.3) is 0 Å². The Morgan fingerprint density at radius 1 is 1.67 bits per heavy atom. The Morgan fingerprint density at radius 3 is 3.00 bits per heavy atom. The van der Waals surface area contributed by atoms with Gasteiger partial charge in [-0.3, -0.25) is 14.4 Å². The zero-order valence-electron chi connectivity index (χ0n) is 10.9. The van der Waals surface area contributed by atoms with Crippen molar-refractivity contribution < 1.29 is 9.90 Å². The molecular formula is C12H20N4O2. The number of hydrogen-bond acceptors (Lipinski definition) is 4. The van der Waals surface area contributed by atoms with Crippen LogP contribution in [0.5, 0.6) is 0 Å². The van der Waals surface area contributed by atoms with E-state index < -0.39 is 0 Å². The monoisotopic (exact) mass is 252 g/mol. The first-order valence-corrected chi connectivity index (χ1v) is 6.16. The van der Waals surface area contributed by atoms with Gasteiger partial charge in [-0.15, -0.1) is 0 Å². The molecule has 1 atom stereocenters. The van der Waals surface area contributed by atoms with Crippen molar-refractivity contribution in [2.75, 3.05) is 26.7 Å². The van der Waals surface area contributed by atoms with Gasteiger partial charge >= 0.3 is 0 Å². The number of likely N-dealkylation sites (N-methyl/N-ethyl adjacent to an activating group) is 1. The molecule has 1 aromatic heterocycles. The predicted molar refractivity (Wildman–Crippen MR) is 66.7 cm³/mol. The lowest BCUT2D eigenvalue weighted by Crippen LogP contribution is -2.37. The summed E-state index contributed by atoms with van der Waals surface area (Å²) in [7, 11) is 3.65. The standard InChI is InChI=1S/C12H20N4O2/c1-14(6-10-5-13-15(2)7-10)12(18)9-16-4-3-11(17)8-16/h5,7,11,17H,3-4,6,8-9H2,1-2H3/t11-/m0/s1. The van der Waals surface area contributed by atoms with Gasteiger partial charge in [0, 0.05) is 45.5 Å². The lowest BCUT2D eigenvalue weighted by atomic mass is 10.3. The van der Waals surface area contributed by atoms with Crippen LogP contribution in [0, 0.1) is 0 Å². The van der Waals surface area contributed by atoms with Crippen LogP contribution in [-0.2, 0) is 18.4 Å². The molecule has 1 amide bonds. The normalized spacial score (nSPS) is 20.3. The van der Waals surface area contributed by atoms with E-state index in [1.807, 2.05) is 18.1 Å². The first-order valence-electron chi connectivity index (χ1n) is 6.16. The quantitative estimate of drug-likeness (QED) is 0.780. The first kappa shape index (κ1) is 13.0. The molecule has 0 aromatic carbocycles. The molecule has 0 unspecified atom stereocenters. The van der Waals surface area contributed by atoms with Crippen LogP contribution >= 0.6 is 0 Å². The molecule has 0 radical (unpaired) electrons. The highest BCUT2D eigenvalue weighted by Crippen LogP contribution is 2.09. The van der Waals surface area contributed by atoms with Crippen molar-refractivity contribution in [1.82, 2.24) is 19.6 Å². The highest BCUT2D eigenvalue weighted by atomic mass is 16.3. The van der Waals surface area contributed by atoms with Gasteiger partial charge in [-0.2, -0.15) is 5.10 Å². The number of likely N-dealkylation sites (tertiary alicyclic amines) is 1. The number of hydrogen-bond donors (Lipinski definition) is 1. The van der Waals surface area contributed by atoms with E-state index in [2.05, 4.69) is 5.10 Å². The summed E-state index contributed by atoms with van der Waals surface area (Å²) in [5.74, 6) is 0.0768. The summed E-state index contributed by atoms with van der Waals surface area (Å²) in [4.78, 5) is 15.7. The maximum absolute atomic E-state index is 12.0. The second-order valence-corrected chi connectivity index (χ2v) is 4.95. The van der Waals surface area contributed by atoms with Crippen molar-refractivity contribution in [3.8, 4) is 0 Å². The van der Waals surface area contributed by atoms with E-state index in [0.29, 0.717) is 19.6 Å². The summed E-state index contributed by atoms with van der Waals surface area (Å²) >= 11 is 0. The Hall–Kier alpha value is -1.40. The second kappa shape index (κ2) is 5.49. The fraction of sp³-hybridized carbons (Fsp3) is 0.667.